The standard InChI is InChI=1S/C19H22ClN3OS/c1-14-5-6-15(20)11-18(14)22-7-9-23(10-8-22)19(24)13-25-17-4-2-3-16(21)12-17/h2-6,11-12H,7-10,13,21H2,1H3. The van der Waals surface area contributed by atoms with Crippen LogP contribution in [0.15, 0.2) is 47.4 Å². The molecule has 1 saturated heterocycles. The van der Waals surface area contributed by atoms with Gasteiger partial charge in [0.2, 0.25) is 5.91 Å². The van der Waals surface area contributed by atoms with Crippen molar-refractivity contribution >= 4 is 40.6 Å². The second-order valence-corrected chi connectivity index (χ2v) is 7.64. The number of rotatable bonds is 4. The van der Waals surface area contributed by atoms with E-state index in [4.69, 9.17) is 17.3 Å². The van der Waals surface area contributed by atoms with Crippen LogP contribution < -0.4 is 10.6 Å². The Hall–Kier alpha value is -1.85. The molecule has 132 valence electrons. The summed E-state index contributed by atoms with van der Waals surface area (Å²) < 4.78 is 0. The van der Waals surface area contributed by atoms with E-state index in [2.05, 4.69) is 11.8 Å². The van der Waals surface area contributed by atoms with Gasteiger partial charge >= 0.3 is 0 Å². The summed E-state index contributed by atoms with van der Waals surface area (Å²) in [4.78, 5) is 17.7. The average Bonchev–Trinajstić information content (AvgIpc) is 2.62. The SMILES string of the molecule is Cc1ccc(Cl)cc1N1CCN(C(=O)CSc2cccc(N)c2)CC1. The third-order valence-corrected chi connectivity index (χ3v) is 5.58. The Morgan fingerprint density at radius 2 is 1.92 bits per heavy atom. The molecule has 1 aliphatic rings. The van der Waals surface area contributed by atoms with Crippen molar-refractivity contribution in [1.29, 1.82) is 0 Å². The minimum absolute atomic E-state index is 0.176. The summed E-state index contributed by atoms with van der Waals surface area (Å²) in [6, 6.07) is 13.6. The minimum Gasteiger partial charge on any atom is -0.399 e. The third kappa shape index (κ3) is 4.61. The van der Waals surface area contributed by atoms with Gasteiger partial charge in [-0.3, -0.25) is 4.79 Å². The molecule has 2 N–H and O–H groups in total. The maximum atomic E-state index is 12.5. The van der Waals surface area contributed by atoms with E-state index in [1.165, 1.54) is 17.3 Å². The molecule has 25 heavy (non-hydrogen) atoms. The Morgan fingerprint density at radius 1 is 1.16 bits per heavy atom. The predicted octanol–water partition coefficient (Wildman–Crippen LogP) is 3.67. The molecule has 1 amide bonds. The van der Waals surface area contributed by atoms with Crippen LogP contribution in [0.5, 0.6) is 0 Å². The van der Waals surface area contributed by atoms with E-state index in [9.17, 15) is 4.79 Å². The molecular weight excluding hydrogens is 354 g/mol. The molecule has 0 bridgehead atoms. The normalized spacial score (nSPS) is 14.6. The van der Waals surface area contributed by atoms with Gasteiger partial charge in [-0.15, -0.1) is 11.8 Å². The van der Waals surface area contributed by atoms with E-state index in [1.54, 1.807) is 0 Å². The Kier molecular flexibility index (Phi) is 5.76. The van der Waals surface area contributed by atoms with Crippen LogP contribution in [0.25, 0.3) is 0 Å². The Morgan fingerprint density at radius 3 is 2.64 bits per heavy atom. The zero-order valence-electron chi connectivity index (χ0n) is 14.2. The molecule has 6 heteroatoms. The van der Waals surface area contributed by atoms with Gasteiger partial charge in [0.1, 0.15) is 0 Å². The summed E-state index contributed by atoms with van der Waals surface area (Å²) in [5.41, 5.74) is 8.87. The molecule has 0 aliphatic carbocycles. The van der Waals surface area contributed by atoms with Crippen molar-refractivity contribution < 1.29 is 4.79 Å². The van der Waals surface area contributed by atoms with Gasteiger partial charge in [-0.05, 0) is 42.8 Å². The highest BCUT2D eigenvalue weighted by molar-refractivity contribution is 8.00. The van der Waals surface area contributed by atoms with Crippen molar-refractivity contribution in [2.75, 3.05) is 42.6 Å². The van der Waals surface area contributed by atoms with Crippen molar-refractivity contribution in [3.63, 3.8) is 0 Å². The van der Waals surface area contributed by atoms with Crippen LogP contribution in [-0.2, 0) is 4.79 Å². The quantitative estimate of drug-likeness (QED) is 0.654. The fourth-order valence-electron chi connectivity index (χ4n) is 2.96. The summed E-state index contributed by atoms with van der Waals surface area (Å²) in [6.07, 6.45) is 0. The number of piperazine rings is 1. The number of thioether (sulfide) groups is 1. The van der Waals surface area contributed by atoms with Crippen LogP contribution in [0.3, 0.4) is 0 Å². The number of carbonyl (C=O) groups excluding carboxylic acids is 1. The summed E-state index contributed by atoms with van der Waals surface area (Å²) in [5, 5.41) is 0.748. The molecular formula is C19H22ClN3OS. The number of halogens is 1. The van der Waals surface area contributed by atoms with E-state index in [0.29, 0.717) is 5.75 Å². The summed E-state index contributed by atoms with van der Waals surface area (Å²) in [5.74, 6) is 0.620. The van der Waals surface area contributed by atoms with Gasteiger partial charge in [-0.1, -0.05) is 23.7 Å². The largest absolute Gasteiger partial charge is 0.399 e. The molecule has 3 rings (SSSR count). The molecule has 0 saturated carbocycles. The van der Waals surface area contributed by atoms with E-state index in [1.807, 2.05) is 47.4 Å². The lowest BCUT2D eigenvalue weighted by molar-refractivity contribution is -0.128. The molecule has 0 aromatic heterocycles. The van der Waals surface area contributed by atoms with Gasteiger partial charge in [0.05, 0.1) is 5.75 Å². The molecule has 4 nitrogen and oxygen atoms in total. The number of anilines is 2. The average molecular weight is 376 g/mol. The maximum absolute atomic E-state index is 12.5. The zero-order valence-corrected chi connectivity index (χ0v) is 15.8. The first-order valence-corrected chi connectivity index (χ1v) is 9.66. The van der Waals surface area contributed by atoms with Crippen molar-refractivity contribution in [2.24, 2.45) is 0 Å². The summed E-state index contributed by atoms with van der Waals surface area (Å²) in [7, 11) is 0. The molecule has 2 aromatic rings. The van der Waals surface area contributed by atoms with Gasteiger partial charge in [0.25, 0.3) is 0 Å². The Bertz CT molecular complexity index is 760. The number of nitrogens with zero attached hydrogens (tertiary/aromatic N) is 2. The fraction of sp³-hybridized carbons (Fsp3) is 0.316. The zero-order chi connectivity index (χ0) is 17.8. The van der Waals surface area contributed by atoms with Crippen LogP contribution >= 0.6 is 23.4 Å². The number of nitrogens with two attached hydrogens (primary N) is 1. The highest BCUT2D eigenvalue weighted by Gasteiger charge is 2.22. The second kappa shape index (κ2) is 8.02. The maximum Gasteiger partial charge on any atom is 0.233 e. The first kappa shape index (κ1) is 18.0. The van der Waals surface area contributed by atoms with Crippen LogP contribution in [0.1, 0.15) is 5.56 Å². The van der Waals surface area contributed by atoms with Crippen LogP contribution in [-0.4, -0.2) is 42.7 Å². The Balaban J connectivity index is 1.53. The van der Waals surface area contributed by atoms with Gasteiger partial charge in [-0.2, -0.15) is 0 Å². The van der Waals surface area contributed by atoms with Gasteiger partial charge in [0.15, 0.2) is 0 Å². The number of benzene rings is 2. The fourth-order valence-corrected chi connectivity index (χ4v) is 3.99. The van der Waals surface area contributed by atoms with E-state index in [0.717, 1.165) is 47.5 Å². The first-order valence-electron chi connectivity index (χ1n) is 8.30. The summed E-state index contributed by atoms with van der Waals surface area (Å²) in [6.45, 7) is 5.22. The lowest BCUT2D eigenvalue weighted by Gasteiger charge is -2.37. The lowest BCUT2D eigenvalue weighted by Crippen LogP contribution is -2.49. The molecule has 0 spiro atoms. The molecule has 0 unspecified atom stereocenters. The number of aryl methyl sites for hydroxylation is 1. The number of nitrogen functional groups attached to an aromatic ring is 1. The molecule has 1 fully saturated rings. The van der Waals surface area contributed by atoms with E-state index >= 15 is 0 Å². The van der Waals surface area contributed by atoms with Crippen LogP contribution in [0, 0.1) is 6.92 Å². The van der Waals surface area contributed by atoms with Gasteiger partial charge < -0.3 is 15.5 Å². The highest BCUT2D eigenvalue weighted by atomic mass is 35.5. The number of hydrogen-bond donors (Lipinski definition) is 1. The molecule has 2 aromatic carbocycles. The molecule has 1 heterocycles. The van der Waals surface area contributed by atoms with Gasteiger partial charge in [-0.25, -0.2) is 0 Å². The van der Waals surface area contributed by atoms with Crippen molar-refractivity contribution in [2.45, 2.75) is 11.8 Å². The first-order chi connectivity index (χ1) is 12.0. The lowest BCUT2D eigenvalue weighted by atomic mass is 10.1. The summed E-state index contributed by atoms with van der Waals surface area (Å²) >= 11 is 7.66. The van der Waals surface area contributed by atoms with Crippen molar-refractivity contribution in [1.82, 2.24) is 4.90 Å². The third-order valence-electron chi connectivity index (χ3n) is 4.36. The van der Waals surface area contributed by atoms with Crippen LogP contribution in [0.2, 0.25) is 5.02 Å². The van der Waals surface area contributed by atoms with Crippen LogP contribution in [0.4, 0.5) is 11.4 Å². The van der Waals surface area contributed by atoms with E-state index in [-0.39, 0.29) is 5.91 Å². The monoisotopic (exact) mass is 375 g/mol. The highest BCUT2D eigenvalue weighted by Crippen LogP contribution is 2.26. The topological polar surface area (TPSA) is 49.6 Å². The van der Waals surface area contributed by atoms with E-state index < -0.39 is 0 Å². The smallest absolute Gasteiger partial charge is 0.233 e. The molecule has 1 aliphatic heterocycles. The van der Waals surface area contributed by atoms with Crippen molar-refractivity contribution in [3.05, 3.63) is 53.1 Å². The molecule has 0 radical (unpaired) electrons. The number of carbonyl (C=O) groups is 1. The number of hydrogen-bond acceptors (Lipinski definition) is 4. The number of amides is 1. The minimum atomic E-state index is 0.176. The molecule has 0 atom stereocenters. The Labute approximate surface area is 157 Å². The predicted molar refractivity (Wildman–Crippen MR) is 107 cm³/mol. The van der Waals surface area contributed by atoms with Gasteiger partial charge in [0, 0.05) is 47.5 Å². The second-order valence-electron chi connectivity index (χ2n) is 6.16. The van der Waals surface area contributed by atoms with Crippen molar-refractivity contribution in [3.8, 4) is 0 Å².